The maximum absolute atomic E-state index is 12.9. The molecule has 22 heavy (non-hydrogen) atoms. The Kier molecular flexibility index (Phi) is 2.71. The summed E-state index contributed by atoms with van der Waals surface area (Å²) >= 11 is 0. The van der Waals surface area contributed by atoms with Crippen LogP contribution in [0.15, 0.2) is 6.07 Å². The summed E-state index contributed by atoms with van der Waals surface area (Å²) in [5.41, 5.74) is 1.02. The Morgan fingerprint density at radius 3 is 2.64 bits per heavy atom. The number of hydrogen-bond donors (Lipinski definition) is 0. The number of fused-ring (bicyclic) bond motifs is 1. The number of alkyl halides is 3. The van der Waals surface area contributed by atoms with Gasteiger partial charge in [-0.25, -0.2) is 4.98 Å². The number of nitrogens with zero attached hydrogens (tertiary/aromatic N) is 5. The van der Waals surface area contributed by atoms with Crippen LogP contribution in [0.5, 0.6) is 0 Å². The Balaban J connectivity index is 1.80. The quantitative estimate of drug-likeness (QED) is 0.812. The minimum Gasteiger partial charge on any atom is -0.356 e. The van der Waals surface area contributed by atoms with E-state index < -0.39 is 12.0 Å². The number of piperidine rings is 1. The van der Waals surface area contributed by atoms with Crippen LogP contribution >= 0.6 is 0 Å². The summed E-state index contributed by atoms with van der Waals surface area (Å²) in [6, 6.07) is 1.79. The molecule has 2 aliphatic rings. The highest BCUT2D eigenvalue weighted by Gasteiger charge is 2.46. The van der Waals surface area contributed by atoms with Crippen LogP contribution in [0.3, 0.4) is 0 Å². The van der Waals surface area contributed by atoms with Crippen molar-refractivity contribution < 1.29 is 13.2 Å². The molecule has 0 bridgehead atoms. The second-order valence-corrected chi connectivity index (χ2v) is 6.43. The van der Waals surface area contributed by atoms with Gasteiger partial charge < -0.3 is 4.90 Å². The molecule has 3 heterocycles. The van der Waals surface area contributed by atoms with E-state index >= 15 is 0 Å². The molecule has 1 aliphatic carbocycles. The van der Waals surface area contributed by atoms with Gasteiger partial charge in [0.1, 0.15) is 5.82 Å². The van der Waals surface area contributed by atoms with Gasteiger partial charge in [-0.05, 0) is 38.0 Å². The topological polar surface area (TPSA) is 46.3 Å². The lowest BCUT2D eigenvalue weighted by Gasteiger charge is -2.34. The van der Waals surface area contributed by atoms with Crippen LogP contribution in [0.2, 0.25) is 0 Å². The fourth-order valence-corrected chi connectivity index (χ4v) is 3.30. The molecule has 0 amide bonds. The second-order valence-electron chi connectivity index (χ2n) is 6.43. The number of hydrogen-bond acceptors (Lipinski definition) is 4. The zero-order valence-corrected chi connectivity index (χ0v) is 12.2. The molecule has 1 spiro atoms. The van der Waals surface area contributed by atoms with Gasteiger partial charge >= 0.3 is 6.18 Å². The van der Waals surface area contributed by atoms with Crippen molar-refractivity contribution in [2.75, 3.05) is 18.0 Å². The number of anilines is 1. The summed E-state index contributed by atoms with van der Waals surface area (Å²) in [5, 5.41) is 3.64. The molecule has 0 N–H and O–H groups in total. The number of halogens is 3. The van der Waals surface area contributed by atoms with Gasteiger partial charge in [-0.15, -0.1) is 5.10 Å². The summed E-state index contributed by atoms with van der Waals surface area (Å²) < 4.78 is 39.8. The smallest absolute Gasteiger partial charge is 0.356 e. The van der Waals surface area contributed by atoms with E-state index in [2.05, 4.69) is 20.0 Å². The normalized spacial score (nSPS) is 20.8. The highest BCUT2D eigenvalue weighted by Crippen LogP contribution is 2.52. The van der Waals surface area contributed by atoms with E-state index in [1.807, 2.05) is 0 Å². The van der Waals surface area contributed by atoms with Gasteiger partial charge in [-0.1, -0.05) is 0 Å². The summed E-state index contributed by atoms with van der Waals surface area (Å²) in [6.45, 7) is 3.48. The van der Waals surface area contributed by atoms with Crippen LogP contribution in [0.1, 0.15) is 37.2 Å². The molecule has 2 aromatic rings. The van der Waals surface area contributed by atoms with Gasteiger partial charge in [0.2, 0.25) is 0 Å². The first-order chi connectivity index (χ1) is 10.4. The Morgan fingerprint density at radius 1 is 1.18 bits per heavy atom. The standard InChI is InChI=1S/C14H16F3N5/c1-9-7-10(21-6-2-3-13(8-21)4-5-13)22-12(18-9)19-11(20-22)14(15,16)17/h7H,2-6,8H2,1H3. The summed E-state index contributed by atoms with van der Waals surface area (Å²) in [4.78, 5) is 9.75. The largest absolute Gasteiger partial charge is 0.453 e. The minimum absolute atomic E-state index is 0.0118. The first-order valence-electron chi connectivity index (χ1n) is 7.43. The molecular weight excluding hydrogens is 295 g/mol. The zero-order chi connectivity index (χ0) is 15.5. The van der Waals surface area contributed by atoms with E-state index in [4.69, 9.17) is 0 Å². The molecule has 0 atom stereocenters. The third-order valence-electron chi connectivity index (χ3n) is 4.62. The van der Waals surface area contributed by atoms with Crippen molar-refractivity contribution in [3.8, 4) is 0 Å². The van der Waals surface area contributed by atoms with Crippen molar-refractivity contribution in [3.05, 3.63) is 17.6 Å². The van der Waals surface area contributed by atoms with E-state index in [1.54, 1.807) is 13.0 Å². The molecular formula is C14H16F3N5. The van der Waals surface area contributed by atoms with E-state index in [0.29, 0.717) is 16.9 Å². The maximum Gasteiger partial charge on any atom is 0.453 e. The van der Waals surface area contributed by atoms with Gasteiger partial charge in [0.05, 0.1) is 0 Å². The third kappa shape index (κ3) is 2.21. The zero-order valence-electron chi connectivity index (χ0n) is 12.2. The molecule has 118 valence electrons. The lowest BCUT2D eigenvalue weighted by molar-refractivity contribution is -0.144. The molecule has 1 saturated heterocycles. The molecule has 4 rings (SSSR count). The van der Waals surface area contributed by atoms with Crippen LogP contribution in [-0.4, -0.2) is 32.7 Å². The van der Waals surface area contributed by atoms with Crippen molar-refractivity contribution in [1.29, 1.82) is 0 Å². The highest BCUT2D eigenvalue weighted by molar-refractivity contribution is 5.48. The van der Waals surface area contributed by atoms with Gasteiger partial charge in [0.15, 0.2) is 0 Å². The van der Waals surface area contributed by atoms with Crippen LogP contribution < -0.4 is 4.90 Å². The molecule has 5 nitrogen and oxygen atoms in total. The highest BCUT2D eigenvalue weighted by atomic mass is 19.4. The van der Waals surface area contributed by atoms with Gasteiger partial charge in [-0.2, -0.15) is 22.7 Å². The monoisotopic (exact) mass is 311 g/mol. The van der Waals surface area contributed by atoms with Gasteiger partial charge in [-0.3, -0.25) is 0 Å². The third-order valence-corrected chi connectivity index (χ3v) is 4.62. The maximum atomic E-state index is 12.9. The van der Waals surface area contributed by atoms with Crippen molar-refractivity contribution in [2.45, 2.75) is 38.8 Å². The predicted octanol–water partition coefficient (Wildman–Crippen LogP) is 2.83. The van der Waals surface area contributed by atoms with Gasteiger partial charge in [0, 0.05) is 24.8 Å². The lowest BCUT2D eigenvalue weighted by atomic mass is 9.95. The number of rotatable bonds is 1. The Hall–Kier alpha value is -1.86. The number of aryl methyl sites for hydroxylation is 1. The van der Waals surface area contributed by atoms with E-state index in [1.165, 1.54) is 23.8 Å². The van der Waals surface area contributed by atoms with Crippen LogP contribution in [0.25, 0.3) is 5.78 Å². The lowest BCUT2D eigenvalue weighted by Crippen LogP contribution is -2.37. The Labute approximate surface area is 125 Å². The Bertz CT molecular complexity index is 732. The average molecular weight is 311 g/mol. The van der Waals surface area contributed by atoms with Crippen molar-refractivity contribution in [2.24, 2.45) is 5.41 Å². The van der Waals surface area contributed by atoms with Crippen molar-refractivity contribution in [1.82, 2.24) is 19.6 Å². The molecule has 1 saturated carbocycles. The van der Waals surface area contributed by atoms with E-state index in [9.17, 15) is 13.2 Å². The molecule has 0 aromatic carbocycles. The summed E-state index contributed by atoms with van der Waals surface area (Å²) in [6.07, 6.45) is 0.133. The molecule has 2 fully saturated rings. The SMILES string of the molecule is Cc1cc(N2CCCC3(CC3)C2)n2nc(C(F)(F)F)nc2n1. The van der Waals surface area contributed by atoms with Gasteiger partial charge in [0.25, 0.3) is 11.6 Å². The van der Waals surface area contributed by atoms with Crippen molar-refractivity contribution in [3.63, 3.8) is 0 Å². The van der Waals surface area contributed by atoms with E-state index in [-0.39, 0.29) is 5.78 Å². The number of aromatic nitrogens is 4. The average Bonchev–Trinajstić information content (AvgIpc) is 3.02. The second kappa shape index (κ2) is 4.33. The minimum atomic E-state index is -4.56. The Morgan fingerprint density at radius 2 is 1.95 bits per heavy atom. The first kappa shape index (κ1) is 13.8. The van der Waals surface area contributed by atoms with E-state index in [0.717, 1.165) is 19.5 Å². The predicted molar refractivity (Wildman–Crippen MR) is 73.6 cm³/mol. The molecule has 8 heteroatoms. The van der Waals surface area contributed by atoms with Crippen molar-refractivity contribution >= 4 is 11.6 Å². The summed E-state index contributed by atoms with van der Waals surface area (Å²) in [7, 11) is 0. The fraction of sp³-hybridized carbons (Fsp3) is 0.643. The van der Waals surface area contributed by atoms with Crippen LogP contribution in [0.4, 0.5) is 19.0 Å². The molecule has 0 unspecified atom stereocenters. The molecule has 1 aliphatic heterocycles. The fourth-order valence-electron chi connectivity index (χ4n) is 3.30. The molecule has 0 radical (unpaired) electrons. The summed E-state index contributed by atoms with van der Waals surface area (Å²) in [5.74, 6) is -0.459. The van der Waals surface area contributed by atoms with Crippen LogP contribution in [-0.2, 0) is 6.18 Å². The van der Waals surface area contributed by atoms with Crippen LogP contribution in [0, 0.1) is 12.3 Å². The molecule has 2 aromatic heterocycles. The first-order valence-corrected chi connectivity index (χ1v) is 7.43.